The van der Waals surface area contributed by atoms with Gasteiger partial charge in [0.15, 0.2) is 0 Å². The number of carboxylic acid groups (broad SMARTS) is 2. The highest BCUT2D eigenvalue weighted by molar-refractivity contribution is 5.79. The van der Waals surface area contributed by atoms with Gasteiger partial charge < -0.3 is 14.8 Å². The van der Waals surface area contributed by atoms with Crippen LogP contribution in [0.15, 0.2) is 24.5 Å². The molecule has 0 amide bonds. The first-order valence-electron chi connectivity index (χ1n) is 3.68. The van der Waals surface area contributed by atoms with E-state index in [0.29, 0.717) is 0 Å². The molecule has 0 spiro atoms. The summed E-state index contributed by atoms with van der Waals surface area (Å²) in [4.78, 5) is 21.0. The number of hydrogen-bond acceptors (Lipinski definition) is 2. The fourth-order valence-electron chi connectivity index (χ4n) is 1.04. The fraction of sp³-hybridized carbons (Fsp3) is 0.250. The van der Waals surface area contributed by atoms with Gasteiger partial charge in [0.05, 0.1) is 6.42 Å². The van der Waals surface area contributed by atoms with Crippen LogP contribution in [0.1, 0.15) is 12.5 Å². The molecule has 1 aromatic heterocycles. The number of rotatable bonds is 4. The van der Waals surface area contributed by atoms with Crippen LogP contribution in [0.4, 0.5) is 0 Å². The van der Waals surface area contributed by atoms with Crippen molar-refractivity contribution in [2.75, 3.05) is 0 Å². The maximum absolute atomic E-state index is 10.6. The molecule has 0 saturated heterocycles. The molecular weight excluding hydrogens is 174 g/mol. The molecule has 0 fully saturated rings. The number of nitrogens with zero attached hydrogens (tertiary/aromatic N) is 1. The Labute approximate surface area is 74.2 Å². The summed E-state index contributed by atoms with van der Waals surface area (Å²) < 4.78 is 1.36. The van der Waals surface area contributed by atoms with E-state index >= 15 is 0 Å². The zero-order valence-electron chi connectivity index (χ0n) is 6.75. The third-order valence-corrected chi connectivity index (χ3v) is 1.64. The lowest BCUT2D eigenvalue weighted by Crippen LogP contribution is -2.20. The molecule has 2 N–H and O–H groups in total. The molecule has 5 heteroatoms. The molecule has 1 rings (SSSR count). The normalized spacial score (nSPS) is 12.3. The van der Waals surface area contributed by atoms with Gasteiger partial charge in [-0.3, -0.25) is 4.79 Å². The first-order valence-corrected chi connectivity index (χ1v) is 3.68. The number of aliphatic carboxylic acids is 2. The van der Waals surface area contributed by atoms with E-state index in [0.717, 1.165) is 0 Å². The number of carbonyl (C=O) groups is 2. The first-order chi connectivity index (χ1) is 6.11. The summed E-state index contributed by atoms with van der Waals surface area (Å²) in [5.41, 5.74) is 0. The Morgan fingerprint density at radius 1 is 1.23 bits per heavy atom. The minimum Gasteiger partial charge on any atom is -0.481 e. The van der Waals surface area contributed by atoms with Crippen LogP contribution in [0.3, 0.4) is 0 Å². The summed E-state index contributed by atoms with van der Waals surface area (Å²) in [6.07, 6.45) is 2.65. The van der Waals surface area contributed by atoms with Gasteiger partial charge in [-0.05, 0) is 12.1 Å². The lowest BCUT2D eigenvalue weighted by Gasteiger charge is -2.10. The van der Waals surface area contributed by atoms with Gasteiger partial charge in [-0.25, -0.2) is 4.79 Å². The molecule has 0 radical (unpaired) electrons. The largest absolute Gasteiger partial charge is 0.481 e. The van der Waals surface area contributed by atoms with Gasteiger partial charge in [-0.1, -0.05) is 0 Å². The highest BCUT2D eigenvalue weighted by Crippen LogP contribution is 2.11. The van der Waals surface area contributed by atoms with Crippen LogP contribution in [0, 0.1) is 0 Å². The second kappa shape index (κ2) is 3.75. The van der Waals surface area contributed by atoms with Crippen molar-refractivity contribution in [1.82, 2.24) is 4.57 Å². The van der Waals surface area contributed by atoms with Crippen LogP contribution in [-0.4, -0.2) is 26.7 Å². The summed E-state index contributed by atoms with van der Waals surface area (Å²) in [6.45, 7) is 0. The minimum atomic E-state index is -1.14. The van der Waals surface area contributed by atoms with Crippen molar-refractivity contribution in [3.05, 3.63) is 24.5 Å². The van der Waals surface area contributed by atoms with E-state index in [-0.39, 0.29) is 0 Å². The average Bonchev–Trinajstić information content (AvgIpc) is 2.50. The maximum Gasteiger partial charge on any atom is 0.327 e. The molecule has 0 aliphatic carbocycles. The molecule has 1 aromatic rings. The Bertz CT molecular complexity index is 304. The van der Waals surface area contributed by atoms with Crippen molar-refractivity contribution in [3.8, 4) is 0 Å². The van der Waals surface area contributed by atoms with E-state index in [1.165, 1.54) is 17.0 Å². The van der Waals surface area contributed by atoms with E-state index in [1.54, 1.807) is 12.1 Å². The molecule has 70 valence electrons. The second-order valence-corrected chi connectivity index (χ2v) is 2.58. The monoisotopic (exact) mass is 183 g/mol. The van der Waals surface area contributed by atoms with Crippen molar-refractivity contribution < 1.29 is 19.8 Å². The van der Waals surface area contributed by atoms with E-state index in [9.17, 15) is 9.59 Å². The predicted octanol–water partition coefficient (Wildman–Crippen LogP) is 0.588. The number of carboxylic acids is 2. The Balaban J connectivity index is 2.81. The second-order valence-electron chi connectivity index (χ2n) is 2.58. The Hall–Kier alpha value is -1.78. The summed E-state index contributed by atoms with van der Waals surface area (Å²) >= 11 is 0. The van der Waals surface area contributed by atoms with Gasteiger partial charge in [0.25, 0.3) is 0 Å². The summed E-state index contributed by atoms with van der Waals surface area (Å²) in [5.74, 6) is -2.26. The molecule has 1 atom stereocenters. The molecule has 0 aliphatic heterocycles. The van der Waals surface area contributed by atoms with E-state index in [1.807, 2.05) is 0 Å². The molecule has 5 nitrogen and oxygen atoms in total. The van der Waals surface area contributed by atoms with Gasteiger partial charge in [-0.15, -0.1) is 0 Å². The van der Waals surface area contributed by atoms with E-state index in [4.69, 9.17) is 10.2 Å². The molecule has 1 heterocycles. The SMILES string of the molecule is O=C(O)C[C@@H](C(=O)O)n1cccc1. The maximum atomic E-state index is 10.6. The van der Waals surface area contributed by atoms with Crippen LogP contribution in [0.5, 0.6) is 0 Å². The van der Waals surface area contributed by atoms with Crippen LogP contribution < -0.4 is 0 Å². The molecule has 0 bridgehead atoms. The first kappa shape index (κ1) is 9.31. The van der Waals surface area contributed by atoms with Gasteiger partial charge in [0.1, 0.15) is 6.04 Å². The smallest absolute Gasteiger partial charge is 0.327 e. The zero-order chi connectivity index (χ0) is 9.84. The van der Waals surface area contributed by atoms with E-state index in [2.05, 4.69) is 0 Å². The van der Waals surface area contributed by atoms with Crippen molar-refractivity contribution >= 4 is 11.9 Å². The Morgan fingerprint density at radius 2 is 1.77 bits per heavy atom. The third kappa shape index (κ3) is 2.33. The number of aromatic nitrogens is 1. The predicted molar refractivity (Wildman–Crippen MR) is 43.4 cm³/mol. The van der Waals surface area contributed by atoms with Crippen molar-refractivity contribution in [1.29, 1.82) is 0 Å². The molecule has 0 unspecified atom stereocenters. The Kier molecular flexibility index (Phi) is 2.69. The minimum absolute atomic E-state index is 0.413. The lowest BCUT2D eigenvalue weighted by molar-refractivity contribution is -0.147. The molecular formula is C8H9NO4. The van der Waals surface area contributed by atoms with Gasteiger partial charge in [0.2, 0.25) is 0 Å². The quantitative estimate of drug-likeness (QED) is 0.715. The van der Waals surface area contributed by atoms with Crippen molar-refractivity contribution in [2.24, 2.45) is 0 Å². The third-order valence-electron chi connectivity index (χ3n) is 1.64. The van der Waals surface area contributed by atoms with Crippen LogP contribution in [0.25, 0.3) is 0 Å². The highest BCUT2D eigenvalue weighted by atomic mass is 16.4. The number of hydrogen-bond donors (Lipinski definition) is 2. The summed E-state index contributed by atoms with van der Waals surface area (Å²) in [7, 11) is 0. The molecule has 13 heavy (non-hydrogen) atoms. The van der Waals surface area contributed by atoms with Crippen LogP contribution in [0.2, 0.25) is 0 Å². The summed E-state index contributed by atoms with van der Waals surface area (Å²) in [6, 6.07) is 2.28. The topological polar surface area (TPSA) is 79.5 Å². The lowest BCUT2D eigenvalue weighted by atomic mass is 10.2. The zero-order valence-corrected chi connectivity index (χ0v) is 6.75. The molecule has 0 aromatic carbocycles. The highest BCUT2D eigenvalue weighted by Gasteiger charge is 2.21. The van der Waals surface area contributed by atoms with Crippen LogP contribution in [-0.2, 0) is 9.59 Å². The van der Waals surface area contributed by atoms with E-state index < -0.39 is 24.4 Å². The average molecular weight is 183 g/mol. The van der Waals surface area contributed by atoms with Crippen molar-refractivity contribution in [3.63, 3.8) is 0 Å². The van der Waals surface area contributed by atoms with Gasteiger partial charge in [-0.2, -0.15) is 0 Å². The Morgan fingerprint density at radius 3 is 2.15 bits per heavy atom. The summed E-state index contributed by atoms with van der Waals surface area (Å²) in [5, 5.41) is 17.2. The fourth-order valence-corrected chi connectivity index (χ4v) is 1.04. The molecule has 0 saturated carbocycles. The molecule has 0 aliphatic rings. The van der Waals surface area contributed by atoms with Gasteiger partial charge in [0, 0.05) is 12.4 Å². The standard InChI is InChI=1S/C8H9NO4/c10-7(11)5-6(8(12)13)9-3-1-2-4-9/h1-4,6H,5H2,(H,10,11)(H,12,13)/t6-/m0/s1. The van der Waals surface area contributed by atoms with Crippen molar-refractivity contribution in [2.45, 2.75) is 12.5 Å². The van der Waals surface area contributed by atoms with Crippen LogP contribution >= 0.6 is 0 Å². The van der Waals surface area contributed by atoms with Gasteiger partial charge >= 0.3 is 11.9 Å².